The van der Waals surface area contributed by atoms with E-state index in [1.165, 1.54) is 12.1 Å². The van der Waals surface area contributed by atoms with Crippen molar-refractivity contribution in [1.82, 2.24) is 19.7 Å². The Bertz CT molecular complexity index is 1160. The van der Waals surface area contributed by atoms with E-state index in [1.54, 1.807) is 0 Å². The van der Waals surface area contributed by atoms with E-state index in [9.17, 15) is 13.2 Å². The quantitative estimate of drug-likeness (QED) is 0.482. The van der Waals surface area contributed by atoms with Crippen molar-refractivity contribution >= 4 is 28.0 Å². The molecule has 0 amide bonds. The van der Waals surface area contributed by atoms with Crippen LogP contribution in [0.2, 0.25) is 0 Å². The molecule has 0 aliphatic heterocycles. The molecule has 0 fully saturated rings. The number of hydrogen-bond acceptors (Lipinski definition) is 5. The number of rotatable bonds is 6. The summed E-state index contributed by atoms with van der Waals surface area (Å²) in [7, 11) is 0. The van der Waals surface area contributed by atoms with Gasteiger partial charge in [0.05, 0.1) is 17.6 Å². The molecule has 0 aliphatic rings. The van der Waals surface area contributed by atoms with Gasteiger partial charge in [-0.25, -0.2) is 0 Å². The topological polar surface area (TPSA) is 64.9 Å². The first kappa shape index (κ1) is 19.0. The molecule has 2 heterocycles. The third kappa shape index (κ3) is 3.80. The molecule has 0 aliphatic carbocycles. The molecule has 0 radical (unpaired) electrons. The number of fused-ring (bicyclic) bond motifs is 3. The lowest BCUT2D eigenvalue weighted by Crippen LogP contribution is -2.14. The second-order valence-electron chi connectivity index (χ2n) is 6.37. The van der Waals surface area contributed by atoms with E-state index in [1.807, 2.05) is 31.2 Å². The van der Waals surface area contributed by atoms with Crippen molar-refractivity contribution in [2.75, 3.05) is 18.5 Å². The highest BCUT2D eigenvalue weighted by molar-refractivity contribution is 6.04. The molecule has 0 saturated heterocycles. The van der Waals surface area contributed by atoms with Crippen LogP contribution in [0.4, 0.5) is 19.1 Å². The highest BCUT2D eigenvalue weighted by Crippen LogP contribution is 2.31. The van der Waals surface area contributed by atoms with Crippen molar-refractivity contribution in [1.29, 1.82) is 0 Å². The van der Waals surface area contributed by atoms with Crippen LogP contribution in [-0.4, -0.2) is 32.9 Å². The summed E-state index contributed by atoms with van der Waals surface area (Å²) in [5.74, 6) is 0.491. The van der Waals surface area contributed by atoms with Gasteiger partial charge in [0.1, 0.15) is 17.9 Å². The zero-order chi connectivity index (χ0) is 20.4. The number of halogens is 3. The summed E-state index contributed by atoms with van der Waals surface area (Å²) in [4.78, 5) is 4.55. The first-order valence-electron chi connectivity index (χ1n) is 9.13. The molecule has 29 heavy (non-hydrogen) atoms. The molecular formula is C20H18F3N5O. The van der Waals surface area contributed by atoms with Gasteiger partial charge in [0.15, 0.2) is 5.65 Å². The van der Waals surface area contributed by atoms with Crippen molar-refractivity contribution in [3.8, 4) is 5.75 Å². The van der Waals surface area contributed by atoms with Crippen molar-refractivity contribution in [2.45, 2.75) is 19.6 Å². The van der Waals surface area contributed by atoms with Crippen LogP contribution in [0.1, 0.15) is 12.5 Å². The van der Waals surface area contributed by atoms with Crippen LogP contribution < -0.4 is 10.1 Å². The van der Waals surface area contributed by atoms with Gasteiger partial charge in [-0.2, -0.15) is 18.2 Å². The molecule has 2 aromatic heterocycles. The highest BCUT2D eigenvalue weighted by Gasteiger charge is 2.30. The lowest BCUT2D eigenvalue weighted by molar-refractivity contribution is -0.137. The number of nitrogens with one attached hydrogen (secondary N) is 1. The molecule has 2 aromatic carbocycles. The number of alkyl halides is 3. The fraction of sp³-hybridized carbons (Fsp3) is 0.250. The van der Waals surface area contributed by atoms with Crippen LogP contribution >= 0.6 is 0 Å². The highest BCUT2D eigenvalue weighted by atomic mass is 19.4. The molecule has 0 atom stereocenters. The van der Waals surface area contributed by atoms with Crippen LogP contribution in [0.25, 0.3) is 22.1 Å². The average molecular weight is 401 g/mol. The summed E-state index contributed by atoms with van der Waals surface area (Å²) in [5, 5.41) is 12.4. The van der Waals surface area contributed by atoms with Gasteiger partial charge in [0, 0.05) is 11.9 Å². The number of ether oxygens (including phenoxy) is 1. The van der Waals surface area contributed by atoms with E-state index in [0.717, 1.165) is 40.7 Å². The zero-order valence-corrected chi connectivity index (χ0v) is 15.6. The maximum Gasteiger partial charge on any atom is 0.416 e. The molecule has 0 bridgehead atoms. The molecule has 4 rings (SSSR count). The minimum atomic E-state index is -4.40. The van der Waals surface area contributed by atoms with Gasteiger partial charge in [-0.05, 0) is 31.2 Å². The van der Waals surface area contributed by atoms with Gasteiger partial charge in [-0.3, -0.25) is 0 Å². The van der Waals surface area contributed by atoms with Gasteiger partial charge < -0.3 is 14.6 Å². The van der Waals surface area contributed by atoms with Crippen molar-refractivity contribution in [3.05, 3.63) is 54.1 Å². The smallest absolute Gasteiger partial charge is 0.416 e. The Labute approximate surface area is 164 Å². The normalized spacial score (nSPS) is 11.9. The standard InChI is InChI=1S/C20H18F3N5O/c1-2-28-16-9-4-3-8-15(16)17-18(28)25-19(27-26-17)24-10-11-29-14-7-5-6-13(12-14)20(21,22)23/h3-9,12H,2,10-11H2,1H3,(H,24,25,27). The van der Waals surface area contributed by atoms with E-state index in [-0.39, 0.29) is 12.4 Å². The van der Waals surface area contributed by atoms with Crippen LogP contribution in [-0.2, 0) is 12.7 Å². The van der Waals surface area contributed by atoms with Crippen molar-refractivity contribution in [3.63, 3.8) is 0 Å². The summed E-state index contributed by atoms with van der Waals surface area (Å²) in [6, 6.07) is 12.7. The number of nitrogens with zero attached hydrogens (tertiary/aromatic N) is 4. The van der Waals surface area contributed by atoms with Crippen LogP contribution in [0.5, 0.6) is 5.75 Å². The minimum Gasteiger partial charge on any atom is -0.492 e. The monoisotopic (exact) mass is 401 g/mol. The Morgan fingerprint density at radius 1 is 1.07 bits per heavy atom. The maximum atomic E-state index is 12.8. The van der Waals surface area contributed by atoms with E-state index in [2.05, 4.69) is 25.1 Å². The molecule has 0 saturated carbocycles. The molecule has 150 valence electrons. The number of para-hydroxylation sites is 1. The summed E-state index contributed by atoms with van der Waals surface area (Å²) in [6.07, 6.45) is -4.40. The Morgan fingerprint density at radius 3 is 2.69 bits per heavy atom. The van der Waals surface area contributed by atoms with Crippen LogP contribution in [0.3, 0.4) is 0 Å². The molecule has 0 spiro atoms. The molecule has 1 N–H and O–H groups in total. The number of benzene rings is 2. The Balaban J connectivity index is 1.45. The number of aryl methyl sites for hydroxylation is 1. The third-order valence-corrected chi connectivity index (χ3v) is 4.51. The number of anilines is 1. The molecule has 6 nitrogen and oxygen atoms in total. The minimum absolute atomic E-state index is 0.152. The fourth-order valence-electron chi connectivity index (χ4n) is 3.19. The molecule has 0 unspecified atom stereocenters. The predicted octanol–water partition coefficient (Wildman–Crippen LogP) is 4.51. The Morgan fingerprint density at radius 2 is 1.90 bits per heavy atom. The first-order valence-corrected chi connectivity index (χ1v) is 9.13. The Kier molecular flexibility index (Phi) is 4.96. The van der Waals surface area contributed by atoms with Crippen molar-refractivity contribution in [2.24, 2.45) is 0 Å². The van der Waals surface area contributed by atoms with Crippen LogP contribution in [0, 0.1) is 0 Å². The van der Waals surface area contributed by atoms with E-state index in [4.69, 9.17) is 4.74 Å². The van der Waals surface area contributed by atoms with Gasteiger partial charge in [-0.15, -0.1) is 10.2 Å². The van der Waals surface area contributed by atoms with Gasteiger partial charge in [-0.1, -0.05) is 24.3 Å². The van der Waals surface area contributed by atoms with E-state index in [0.29, 0.717) is 12.5 Å². The lowest BCUT2D eigenvalue weighted by Gasteiger charge is -2.10. The fourth-order valence-corrected chi connectivity index (χ4v) is 3.19. The Hall–Kier alpha value is -3.36. The molecule has 9 heteroatoms. The van der Waals surface area contributed by atoms with E-state index >= 15 is 0 Å². The maximum absolute atomic E-state index is 12.8. The summed E-state index contributed by atoms with van der Waals surface area (Å²) in [6.45, 7) is 3.24. The molecule has 4 aromatic rings. The second-order valence-corrected chi connectivity index (χ2v) is 6.37. The average Bonchev–Trinajstić information content (AvgIpc) is 3.04. The molecular weight excluding hydrogens is 383 g/mol. The van der Waals surface area contributed by atoms with Gasteiger partial charge in [0.25, 0.3) is 0 Å². The van der Waals surface area contributed by atoms with Crippen molar-refractivity contribution < 1.29 is 17.9 Å². The largest absolute Gasteiger partial charge is 0.492 e. The summed E-state index contributed by atoms with van der Waals surface area (Å²) in [5.41, 5.74) is 1.75. The second kappa shape index (κ2) is 7.57. The summed E-state index contributed by atoms with van der Waals surface area (Å²) < 4.78 is 45.7. The SMILES string of the molecule is CCn1c2ccccc2c2nnc(NCCOc3cccc(C(F)(F)F)c3)nc21. The number of aromatic nitrogens is 4. The predicted molar refractivity (Wildman–Crippen MR) is 104 cm³/mol. The summed E-state index contributed by atoms with van der Waals surface area (Å²) >= 11 is 0. The van der Waals surface area contributed by atoms with Gasteiger partial charge >= 0.3 is 6.18 Å². The van der Waals surface area contributed by atoms with E-state index < -0.39 is 11.7 Å². The first-order chi connectivity index (χ1) is 14.0. The zero-order valence-electron chi connectivity index (χ0n) is 15.6. The van der Waals surface area contributed by atoms with Crippen LogP contribution in [0.15, 0.2) is 48.5 Å². The third-order valence-electron chi connectivity index (χ3n) is 4.51. The lowest BCUT2D eigenvalue weighted by atomic mass is 10.2. The van der Waals surface area contributed by atoms with Gasteiger partial charge in [0.2, 0.25) is 5.95 Å². The number of hydrogen-bond donors (Lipinski definition) is 1.